The van der Waals surface area contributed by atoms with E-state index in [0.717, 1.165) is 6.42 Å². The fourth-order valence-corrected chi connectivity index (χ4v) is 3.21. The smallest absolute Gasteiger partial charge is 0.243 e. The van der Waals surface area contributed by atoms with E-state index in [1.54, 1.807) is 0 Å². The molecular formula is C13H21NO3S. The van der Waals surface area contributed by atoms with Gasteiger partial charge < -0.3 is 5.11 Å². The average Bonchev–Trinajstić information content (AvgIpc) is 2.35. The van der Waals surface area contributed by atoms with Gasteiger partial charge in [-0.1, -0.05) is 27.2 Å². The van der Waals surface area contributed by atoms with Crippen LogP contribution in [0.15, 0.2) is 29.2 Å². The number of phenolic OH excluding ortho intramolecular Hbond substituents is 1. The summed E-state index contributed by atoms with van der Waals surface area (Å²) in [6.07, 6.45) is 0.946. The third-order valence-corrected chi connectivity index (χ3v) is 4.99. The molecule has 0 saturated heterocycles. The molecule has 0 aromatic heterocycles. The number of aromatic hydroxyl groups is 1. The molecule has 1 aromatic rings. The maximum atomic E-state index is 12.4. The second-order valence-corrected chi connectivity index (χ2v) is 6.40. The minimum atomic E-state index is -3.45. The zero-order valence-electron chi connectivity index (χ0n) is 11.1. The molecular weight excluding hydrogens is 250 g/mol. The summed E-state index contributed by atoms with van der Waals surface area (Å²) in [5.41, 5.74) is 0. The predicted octanol–water partition coefficient (Wildman–Crippen LogP) is 2.45. The highest BCUT2D eigenvalue weighted by Crippen LogP contribution is 2.20. The van der Waals surface area contributed by atoms with Crippen molar-refractivity contribution >= 4 is 10.0 Å². The van der Waals surface area contributed by atoms with E-state index < -0.39 is 10.0 Å². The van der Waals surface area contributed by atoms with Crippen molar-refractivity contribution in [3.63, 3.8) is 0 Å². The minimum Gasteiger partial charge on any atom is -0.508 e. The molecule has 0 fully saturated rings. The Kier molecular flexibility index (Phi) is 5.16. The van der Waals surface area contributed by atoms with Crippen molar-refractivity contribution in [3.05, 3.63) is 24.3 Å². The highest BCUT2D eigenvalue weighted by atomic mass is 32.2. The molecule has 0 radical (unpaired) electrons. The molecule has 1 rings (SSSR count). The lowest BCUT2D eigenvalue weighted by molar-refractivity contribution is 0.361. The number of hydrogen-bond donors (Lipinski definition) is 1. The van der Waals surface area contributed by atoms with Gasteiger partial charge in [-0.2, -0.15) is 4.31 Å². The van der Waals surface area contributed by atoms with Crippen LogP contribution < -0.4 is 0 Å². The van der Waals surface area contributed by atoms with E-state index in [1.165, 1.54) is 28.6 Å². The van der Waals surface area contributed by atoms with E-state index in [9.17, 15) is 13.5 Å². The van der Waals surface area contributed by atoms with E-state index in [2.05, 4.69) is 0 Å². The molecule has 0 heterocycles. The van der Waals surface area contributed by atoms with Crippen molar-refractivity contribution in [2.24, 2.45) is 5.92 Å². The van der Waals surface area contributed by atoms with Crippen LogP contribution in [-0.2, 0) is 10.0 Å². The van der Waals surface area contributed by atoms with E-state index >= 15 is 0 Å². The summed E-state index contributed by atoms with van der Waals surface area (Å²) in [5.74, 6) is 0.399. The standard InChI is InChI=1S/C13H21NO3S/c1-4-11(3)10-14(5-2)18(16,17)13-8-6-12(15)7-9-13/h6-9,11,15H,4-5,10H2,1-3H3. The molecule has 0 bridgehead atoms. The van der Waals surface area contributed by atoms with Crippen molar-refractivity contribution in [2.75, 3.05) is 13.1 Å². The Labute approximate surface area is 109 Å². The third-order valence-electron chi connectivity index (χ3n) is 3.04. The average molecular weight is 271 g/mol. The van der Waals surface area contributed by atoms with E-state index in [-0.39, 0.29) is 10.6 Å². The normalized spacial score (nSPS) is 13.8. The summed E-state index contributed by atoms with van der Waals surface area (Å²) < 4.78 is 26.2. The van der Waals surface area contributed by atoms with Crippen LogP contribution in [0.25, 0.3) is 0 Å². The van der Waals surface area contributed by atoms with E-state index in [4.69, 9.17) is 0 Å². The van der Waals surface area contributed by atoms with Crippen LogP contribution >= 0.6 is 0 Å². The maximum absolute atomic E-state index is 12.4. The number of nitrogens with zero attached hydrogens (tertiary/aromatic N) is 1. The lowest BCUT2D eigenvalue weighted by Gasteiger charge is -2.23. The van der Waals surface area contributed by atoms with Crippen molar-refractivity contribution < 1.29 is 13.5 Å². The van der Waals surface area contributed by atoms with Crippen molar-refractivity contribution in [2.45, 2.75) is 32.1 Å². The molecule has 4 nitrogen and oxygen atoms in total. The van der Waals surface area contributed by atoms with Crippen LogP contribution in [0.4, 0.5) is 0 Å². The SMILES string of the molecule is CCC(C)CN(CC)S(=O)(=O)c1ccc(O)cc1. The van der Waals surface area contributed by atoms with E-state index in [0.29, 0.717) is 19.0 Å². The highest BCUT2D eigenvalue weighted by molar-refractivity contribution is 7.89. The first-order chi connectivity index (χ1) is 8.41. The number of sulfonamides is 1. The van der Waals surface area contributed by atoms with Gasteiger partial charge in [-0.25, -0.2) is 8.42 Å². The van der Waals surface area contributed by atoms with Crippen LogP contribution in [0.3, 0.4) is 0 Å². The number of rotatable bonds is 6. The monoisotopic (exact) mass is 271 g/mol. The predicted molar refractivity (Wildman–Crippen MR) is 72.0 cm³/mol. The summed E-state index contributed by atoms with van der Waals surface area (Å²) in [4.78, 5) is 0.227. The fraction of sp³-hybridized carbons (Fsp3) is 0.538. The van der Waals surface area contributed by atoms with E-state index in [1.807, 2.05) is 20.8 Å². The highest BCUT2D eigenvalue weighted by Gasteiger charge is 2.23. The molecule has 1 unspecified atom stereocenters. The number of phenols is 1. The molecule has 0 aliphatic carbocycles. The van der Waals surface area contributed by atoms with Crippen LogP contribution in [0.5, 0.6) is 5.75 Å². The Hall–Kier alpha value is -1.07. The van der Waals surface area contributed by atoms with Gasteiger partial charge in [-0.3, -0.25) is 0 Å². The zero-order chi connectivity index (χ0) is 13.8. The van der Waals surface area contributed by atoms with Crippen LogP contribution in [0.1, 0.15) is 27.2 Å². The van der Waals surface area contributed by atoms with Gasteiger partial charge in [0.05, 0.1) is 4.90 Å². The van der Waals surface area contributed by atoms with Gasteiger partial charge in [0.1, 0.15) is 5.75 Å². The van der Waals surface area contributed by atoms with Gasteiger partial charge in [0.25, 0.3) is 0 Å². The lowest BCUT2D eigenvalue weighted by atomic mass is 10.1. The Morgan fingerprint density at radius 3 is 2.22 bits per heavy atom. The van der Waals surface area contributed by atoms with Crippen molar-refractivity contribution in [1.82, 2.24) is 4.31 Å². The Morgan fingerprint density at radius 1 is 1.22 bits per heavy atom. The molecule has 5 heteroatoms. The van der Waals surface area contributed by atoms with Crippen LogP contribution in [0.2, 0.25) is 0 Å². The Morgan fingerprint density at radius 2 is 1.78 bits per heavy atom. The molecule has 0 aliphatic heterocycles. The Balaban J connectivity index is 2.99. The van der Waals surface area contributed by atoms with Crippen molar-refractivity contribution in [1.29, 1.82) is 0 Å². The first kappa shape index (κ1) is 15.0. The van der Waals surface area contributed by atoms with Gasteiger partial charge in [0.15, 0.2) is 0 Å². The maximum Gasteiger partial charge on any atom is 0.243 e. The second kappa shape index (κ2) is 6.20. The van der Waals surface area contributed by atoms with Gasteiger partial charge in [-0.15, -0.1) is 0 Å². The lowest BCUT2D eigenvalue weighted by Crippen LogP contribution is -2.34. The van der Waals surface area contributed by atoms with Gasteiger partial charge in [-0.05, 0) is 30.2 Å². The summed E-state index contributed by atoms with van der Waals surface area (Å²) in [7, 11) is -3.45. The topological polar surface area (TPSA) is 57.6 Å². The molecule has 0 aliphatic rings. The molecule has 1 aromatic carbocycles. The van der Waals surface area contributed by atoms with Gasteiger partial charge in [0, 0.05) is 13.1 Å². The summed E-state index contributed by atoms with van der Waals surface area (Å²) in [5, 5.41) is 9.19. The largest absolute Gasteiger partial charge is 0.508 e. The van der Waals surface area contributed by atoms with Gasteiger partial charge in [0.2, 0.25) is 10.0 Å². The van der Waals surface area contributed by atoms with Crippen LogP contribution in [0, 0.1) is 5.92 Å². The summed E-state index contributed by atoms with van der Waals surface area (Å²) in [6.45, 7) is 6.89. The molecule has 102 valence electrons. The number of benzene rings is 1. The molecule has 0 saturated carbocycles. The first-order valence-corrected chi connectivity index (χ1v) is 7.65. The first-order valence-electron chi connectivity index (χ1n) is 6.21. The molecule has 0 spiro atoms. The van der Waals surface area contributed by atoms with Crippen molar-refractivity contribution in [3.8, 4) is 5.75 Å². The second-order valence-electron chi connectivity index (χ2n) is 4.46. The minimum absolute atomic E-state index is 0.0684. The Bertz CT molecular complexity index is 468. The summed E-state index contributed by atoms with van der Waals surface area (Å²) >= 11 is 0. The summed E-state index contributed by atoms with van der Waals surface area (Å²) in [6, 6.07) is 5.65. The quantitative estimate of drug-likeness (QED) is 0.864. The molecule has 0 amide bonds. The van der Waals surface area contributed by atoms with Gasteiger partial charge >= 0.3 is 0 Å². The number of hydrogen-bond acceptors (Lipinski definition) is 3. The molecule has 1 atom stereocenters. The molecule has 1 N–H and O–H groups in total. The third kappa shape index (κ3) is 3.46. The van der Waals surface area contributed by atoms with Crippen LogP contribution in [-0.4, -0.2) is 30.9 Å². The fourth-order valence-electron chi connectivity index (χ4n) is 1.64. The zero-order valence-corrected chi connectivity index (χ0v) is 11.9. The molecule has 18 heavy (non-hydrogen) atoms.